The minimum atomic E-state index is -0.0512. The molecule has 8 heteroatoms. The molecule has 0 aliphatic rings. The van der Waals surface area contributed by atoms with Gasteiger partial charge in [-0.2, -0.15) is 4.68 Å². The molecule has 108 valence electrons. The zero-order valence-corrected chi connectivity index (χ0v) is 13.6. The highest BCUT2D eigenvalue weighted by Gasteiger charge is 2.17. The van der Waals surface area contributed by atoms with Crippen LogP contribution in [0.2, 0.25) is 15.1 Å². The highest BCUT2D eigenvalue weighted by atomic mass is 35.5. The van der Waals surface area contributed by atoms with Gasteiger partial charge in [-0.1, -0.05) is 34.8 Å². The lowest BCUT2D eigenvalue weighted by Gasteiger charge is -2.20. The molecule has 2 aromatic rings. The standard InChI is InChI=1S/C12H14Cl3N5/c1-12(2,3)16-6-10-17-18-19-20(10)11-8(14)4-7(13)5-9(11)15/h4-5,16H,6H2,1-3H3. The molecule has 0 unspecified atom stereocenters. The Morgan fingerprint density at radius 1 is 1.15 bits per heavy atom. The molecule has 0 saturated carbocycles. The second kappa shape index (κ2) is 5.85. The van der Waals surface area contributed by atoms with E-state index in [0.29, 0.717) is 33.1 Å². The van der Waals surface area contributed by atoms with Crippen molar-refractivity contribution in [3.05, 3.63) is 33.0 Å². The molecule has 0 aliphatic heterocycles. The normalized spacial score (nSPS) is 11.9. The van der Waals surface area contributed by atoms with E-state index in [1.54, 1.807) is 12.1 Å². The summed E-state index contributed by atoms with van der Waals surface area (Å²) < 4.78 is 1.51. The largest absolute Gasteiger partial charge is 0.305 e. The van der Waals surface area contributed by atoms with Gasteiger partial charge in [0.15, 0.2) is 5.82 Å². The van der Waals surface area contributed by atoms with Crippen LogP contribution in [0.3, 0.4) is 0 Å². The predicted octanol–water partition coefficient (Wildman–Crippen LogP) is 3.51. The van der Waals surface area contributed by atoms with Crippen LogP contribution in [0.15, 0.2) is 12.1 Å². The van der Waals surface area contributed by atoms with E-state index in [-0.39, 0.29) is 5.54 Å². The van der Waals surface area contributed by atoms with Crippen LogP contribution in [-0.4, -0.2) is 25.7 Å². The van der Waals surface area contributed by atoms with Crippen LogP contribution in [0.5, 0.6) is 0 Å². The molecule has 1 heterocycles. The highest BCUT2D eigenvalue weighted by molar-refractivity contribution is 6.40. The van der Waals surface area contributed by atoms with Crippen molar-refractivity contribution >= 4 is 34.8 Å². The molecular formula is C12H14Cl3N5. The summed E-state index contributed by atoms with van der Waals surface area (Å²) >= 11 is 18.3. The second-order valence-electron chi connectivity index (χ2n) is 5.33. The summed E-state index contributed by atoms with van der Waals surface area (Å²) in [4.78, 5) is 0. The second-order valence-corrected chi connectivity index (χ2v) is 6.58. The number of halogens is 3. The van der Waals surface area contributed by atoms with E-state index in [9.17, 15) is 0 Å². The molecule has 0 amide bonds. The number of aromatic nitrogens is 4. The third kappa shape index (κ3) is 3.61. The quantitative estimate of drug-likeness (QED) is 0.933. The summed E-state index contributed by atoms with van der Waals surface area (Å²) in [5.41, 5.74) is 0.470. The molecule has 20 heavy (non-hydrogen) atoms. The van der Waals surface area contributed by atoms with Gasteiger partial charge in [0.25, 0.3) is 0 Å². The average molecular weight is 335 g/mol. The van der Waals surface area contributed by atoms with Crippen LogP contribution in [0, 0.1) is 0 Å². The van der Waals surface area contributed by atoms with Crippen LogP contribution < -0.4 is 5.32 Å². The van der Waals surface area contributed by atoms with Gasteiger partial charge >= 0.3 is 0 Å². The number of nitrogens with one attached hydrogen (secondary N) is 1. The Balaban J connectivity index is 2.38. The molecule has 0 fully saturated rings. The monoisotopic (exact) mass is 333 g/mol. The summed E-state index contributed by atoms with van der Waals surface area (Å²) in [5, 5.41) is 16.2. The predicted molar refractivity (Wildman–Crippen MR) is 80.8 cm³/mol. The van der Waals surface area contributed by atoms with Crippen LogP contribution >= 0.6 is 34.8 Å². The molecule has 0 atom stereocenters. The lowest BCUT2D eigenvalue weighted by molar-refractivity contribution is 0.415. The molecule has 0 bridgehead atoms. The first kappa shape index (κ1) is 15.5. The van der Waals surface area contributed by atoms with Gasteiger partial charge in [0, 0.05) is 10.6 Å². The molecule has 0 aliphatic carbocycles. The molecule has 2 rings (SSSR count). The SMILES string of the molecule is CC(C)(C)NCc1nnnn1-c1c(Cl)cc(Cl)cc1Cl. The van der Waals surface area contributed by atoms with Crippen molar-refractivity contribution in [3.8, 4) is 5.69 Å². The molecule has 0 radical (unpaired) electrons. The van der Waals surface area contributed by atoms with Gasteiger partial charge in [-0.25, -0.2) is 0 Å². The van der Waals surface area contributed by atoms with Crippen LogP contribution in [0.25, 0.3) is 5.69 Å². The third-order valence-electron chi connectivity index (χ3n) is 2.50. The lowest BCUT2D eigenvalue weighted by Crippen LogP contribution is -2.36. The molecule has 1 aromatic carbocycles. The Bertz CT molecular complexity index is 595. The van der Waals surface area contributed by atoms with E-state index in [1.165, 1.54) is 4.68 Å². The fourth-order valence-corrected chi connectivity index (χ4v) is 2.55. The number of rotatable bonds is 3. The number of nitrogens with zero attached hydrogens (tertiary/aromatic N) is 4. The van der Waals surface area contributed by atoms with E-state index >= 15 is 0 Å². The van der Waals surface area contributed by atoms with Crippen LogP contribution in [0.4, 0.5) is 0 Å². The fraction of sp³-hybridized carbons (Fsp3) is 0.417. The Labute approximate surface area is 132 Å². The van der Waals surface area contributed by atoms with E-state index in [4.69, 9.17) is 34.8 Å². The molecule has 0 saturated heterocycles. The Kier molecular flexibility index (Phi) is 4.54. The zero-order valence-electron chi connectivity index (χ0n) is 11.3. The first-order valence-electron chi connectivity index (χ1n) is 5.95. The number of benzene rings is 1. The minimum Gasteiger partial charge on any atom is -0.305 e. The maximum atomic E-state index is 6.18. The van der Waals surface area contributed by atoms with Gasteiger partial charge in [0.1, 0.15) is 5.69 Å². The van der Waals surface area contributed by atoms with Crippen molar-refractivity contribution in [3.63, 3.8) is 0 Å². The maximum Gasteiger partial charge on any atom is 0.170 e. The van der Waals surface area contributed by atoms with Crippen molar-refractivity contribution < 1.29 is 0 Å². The number of hydrogen-bond acceptors (Lipinski definition) is 4. The molecule has 1 N–H and O–H groups in total. The van der Waals surface area contributed by atoms with Crippen molar-refractivity contribution in [2.45, 2.75) is 32.9 Å². The first-order valence-corrected chi connectivity index (χ1v) is 7.08. The van der Waals surface area contributed by atoms with Gasteiger partial charge < -0.3 is 5.32 Å². The van der Waals surface area contributed by atoms with Gasteiger partial charge in [-0.05, 0) is 43.3 Å². The topological polar surface area (TPSA) is 55.6 Å². The van der Waals surface area contributed by atoms with Crippen LogP contribution in [0.1, 0.15) is 26.6 Å². The summed E-state index contributed by atoms with van der Waals surface area (Å²) in [6, 6.07) is 3.21. The summed E-state index contributed by atoms with van der Waals surface area (Å²) in [6.45, 7) is 6.67. The van der Waals surface area contributed by atoms with Gasteiger partial charge in [0.05, 0.1) is 16.6 Å². The summed E-state index contributed by atoms with van der Waals surface area (Å²) in [6.07, 6.45) is 0. The van der Waals surface area contributed by atoms with Gasteiger partial charge in [0.2, 0.25) is 0 Å². The van der Waals surface area contributed by atoms with Gasteiger partial charge in [-0.3, -0.25) is 0 Å². The minimum absolute atomic E-state index is 0.0512. The lowest BCUT2D eigenvalue weighted by atomic mass is 10.1. The smallest absolute Gasteiger partial charge is 0.170 e. The molecule has 0 spiro atoms. The van der Waals surface area contributed by atoms with Gasteiger partial charge in [-0.15, -0.1) is 5.10 Å². The molecular weight excluding hydrogens is 321 g/mol. The van der Waals surface area contributed by atoms with E-state index < -0.39 is 0 Å². The number of tetrazole rings is 1. The Hall–Kier alpha value is -0.880. The first-order chi connectivity index (χ1) is 9.28. The summed E-state index contributed by atoms with van der Waals surface area (Å²) in [5.74, 6) is 0.617. The Morgan fingerprint density at radius 2 is 1.75 bits per heavy atom. The van der Waals surface area contributed by atoms with Crippen molar-refractivity contribution in [2.24, 2.45) is 0 Å². The van der Waals surface area contributed by atoms with E-state index in [0.717, 1.165) is 0 Å². The zero-order chi connectivity index (χ0) is 14.9. The van der Waals surface area contributed by atoms with Crippen LogP contribution in [-0.2, 0) is 6.54 Å². The molecule has 1 aromatic heterocycles. The van der Waals surface area contributed by atoms with E-state index in [1.807, 2.05) is 0 Å². The van der Waals surface area contributed by atoms with Crippen molar-refractivity contribution in [1.29, 1.82) is 0 Å². The summed E-state index contributed by atoms with van der Waals surface area (Å²) in [7, 11) is 0. The van der Waals surface area contributed by atoms with Crippen molar-refractivity contribution in [2.75, 3.05) is 0 Å². The van der Waals surface area contributed by atoms with E-state index in [2.05, 4.69) is 41.6 Å². The van der Waals surface area contributed by atoms with Crippen molar-refractivity contribution in [1.82, 2.24) is 25.5 Å². The number of hydrogen-bond donors (Lipinski definition) is 1. The Morgan fingerprint density at radius 3 is 2.30 bits per heavy atom. The average Bonchev–Trinajstić information content (AvgIpc) is 2.72. The molecule has 5 nitrogen and oxygen atoms in total. The fourth-order valence-electron chi connectivity index (χ4n) is 1.57. The highest BCUT2D eigenvalue weighted by Crippen LogP contribution is 2.32. The maximum absolute atomic E-state index is 6.18. The third-order valence-corrected chi connectivity index (χ3v) is 3.30.